The Balaban J connectivity index is 1.83. The third-order valence-electron chi connectivity index (χ3n) is 4.75. The zero-order valence-electron chi connectivity index (χ0n) is 15.1. The lowest BCUT2D eigenvalue weighted by Crippen LogP contribution is -2.30. The van der Waals surface area contributed by atoms with Gasteiger partial charge in [-0.25, -0.2) is 0 Å². The molecule has 1 aliphatic heterocycles. The molecule has 0 bridgehead atoms. The molecule has 1 aromatic heterocycles. The summed E-state index contributed by atoms with van der Waals surface area (Å²) in [5, 5.41) is 3.46. The zero-order chi connectivity index (χ0) is 19.1. The van der Waals surface area contributed by atoms with Crippen molar-refractivity contribution >= 4 is 34.1 Å². The number of nitrogens with zero attached hydrogens (tertiary/aromatic N) is 1. The van der Waals surface area contributed by atoms with E-state index < -0.39 is 11.3 Å². The van der Waals surface area contributed by atoms with Crippen molar-refractivity contribution < 1.29 is 9.53 Å². The predicted molar refractivity (Wildman–Crippen MR) is 107 cm³/mol. The first-order chi connectivity index (χ1) is 13.0. The highest BCUT2D eigenvalue weighted by molar-refractivity contribution is 6.35. The normalized spacial score (nSPS) is 15.4. The molecule has 0 fully saturated rings. The van der Waals surface area contributed by atoms with Crippen molar-refractivity contribution in [3.05, 3.63) is 69.0 Å². The monoisotopic (exact) mass is 382 g/mol. The molecule has 0 saturated carbocycles. The van der Waals surface area contributed by atoms with Crippen LogP contribution in [0.25, 0.3) is 10.9 Å². The van der Waals surface area contributed by atoms with E-state index in [0.717, 1.165) is 12.0 Å². The number of amides is 1. The number of ether oxygens (including phenoxy) is 1. The van der Waals surface area contributed by atoms with Crippen LogP contribution in [0.5, 0.6) is 5.75 Å². The van der Waals surface area contributed by atoms with E-state index in [1.165, 1.54) is 0 Å². The first-order valence-electron chi connectivity index (χ1n) is 8.90. The second kappa shape index (κ2) is 6.74. The number of carbonyl (C=O) groups excluding carboxylic acids is 1. The smallest absolute Gasteiger partial charge is 0.261 e. The van der Waals surface area contributed by atoms with Crippen LogP contribution >= 0.6 is 11.6 Å². The highest BCUT2D eigenvalue weighted by atomic mass is 35.5. The van der Waals surface area contributed by atoms with Crippen LogP contribution in [0.2, 0.25) is 5.02 Å². The van der Waals surface area contributed by atoms with Crippen LogP contribution in [-0.4, -0.2) is 16.6 Å². The van der Waals surface area contributed by atoms with E-state index in [0.29, 0.717) is 33.9 Å². The minimum absolute atomic E-state index is 0.0672. The van der Waals surface area contributed by atoms with Gasteiger partial charge in [-0.2, -0.15) is 0 Å². The van der Waals surface area contributed by atoms with Crippen molar-refractivity contribution in [2.45, 2.75) is 32.9 Å². The quantitative estimate of drug-likeness (QED) is 0.736. The maximum absolute atomic E-state index is 13.0. The van der Waals surface area contributed by atoms with E-state index in [9.17, 15) is 9.59 Å². The number of aromatic nitrogens is 1. The van der Waals surface area contributed by atoms with Crippen molar-refractivity contribution in [3.63, 3.8) is 0 Å². The van der Waals surface area contributed by atoms with Crippen molar-refractivity contribution in [1.29, 1.82) is 0 Å². The number of aryl methyl sites for hydroxylation is 1. The number of benzene rings is 2. The van der Waals surface area contributed by atoms with Gasteiger partial charge in [0.05, 0.1) is 22.5 Å². The van der Waals surface area contributed by atoms with Gasteiger partial charge >= 0.3 is 0 Å². The Morgan fingerprint density at radius 3 is 2.93 bits per heavy atom. The van der Waals surface area contributed by atoms with Gasteiger partial charge in [0, 0.05) is 11.9 Å². The summed E-state index contributed by atoms with van der Waals surface area (Å²) in [6.07, 6.45) is 2.40. The minimum atomic E-state index is -0.445. The molecule has 3 aromatic rings. The van der Waals surface area contributed by atoms with E-state index in [2.05, 4.69) is 5.32 Å². The van der Waals surface area contributed by atoms with E-state index in [1.807, 2.05) is 36.6 Å². The van der Waals surface area contributed by atoms with Gasteiger partial charge in [0.15, 0.2) is 0 Å². The van der Waals surface area contributed by atoms with Crippen LogP contribution in [0.1, 0.15) is 29.8 Å². The lowest BCUT2D eigenvalue weighted by Gasteiger charge is -2.26. The van der Waals surface area contributed by atoms with Gasteiger partial charge in [0.1, 0.15) is 17.4 Å². The summed E-state index contributed by atoms with van der Waals surface area (Å²) in [4.78, 5) is 25.9. The fraction of sp³-hybridized carbons (Fsp3) is 0.238. The molecule has 0 radical (unpaired) electrons. The van der Waals surface area contributed by atoms with Crippen LogP contribution < -0.4 is 15.5 Å². The molecule has 1 atom stereocenters. The van der Waals surface area contributed by atoms with Crippen molar-refractivity contribution in [3.8, 4) is 5.75 Å². The number of hydrogen-bond donors (Lipinski definition) is 1. The molecule has 2 heterocycles. The Kier molecular flexibility index (Phi) is 4.40. The number of halogens is 1. The van der Waals surface area contributed by atoms with E-state index in [-0.39, 0.29) is 11.7 Å². The number of anilines is 1. The first-order valence-corrected chi connectivity index (χ1v) is 9.28. The molecule has 2 aromatic carbocycles. The minimum Gasteiger partial charge on any atom is -0.487 e. The van der Waals surface area contributed by atoms with E-state index in [1.54, 1.807) is 24.4 Å². The van der Waals surface area contributed by atoms with Gasteiger partial charge in [-0.05, 0) is 43.2 Å². The molecule has 5 nitrogen and oxygen atoms in total. The summed E-state index contributed by atoms with van der Waals surface area (Å²) in [6.45, 7) is 4.53. The fourth-order valence-corrected chi connectivity index (χ4v) is 3.70. The lowest BCUT2D eigenvalue weighted by atomic mass is 10.1. The third kappa shape index (κ3) is 3.08. The van der Waals surface area contributed by atoms with E-state index >= 15 is 0 Å². The Labute approximate surface area is 161 Å². The van der Waals surface area contributed by atoms with Crippen LogP contribution in [0, 0.1) is 0 Å². The summed E-state index contributed by atoms with van der Waals surface area (Å²) >= 11 is 6.30. The Morgan fingerprint density at radius 2 is 2.15 bits per heavy atom. The summed E-state index contributed by atoms with van der Waals surface area (Å²) in [5.74, 6) is 0.160. The highest BCUT2D eigenvalue weighted by Crippen LogP contribution is 2.33. The van der Waals surface area contributed by atoms with Gasteiger partial charge in [-0.15, -0.1) is 0 Å². The fourth-order valence-electron chi connectivity index (χ4n) is 3.46. The summed E-state index contributed by atoms with van der Waals surface area (Å²) in [5.41, 5.74) is 2.08. The molecule has 0 saturated heterocycles. The number of nitrogens with one attached hydrogen (secondary N) is 1. The summed E-state index contributed by atoms with van der Waals surface area (Å²) < 4.78 is 7.69. The largest absolute Gasteiger partial charge is 0.487 e. The molecule has 0 spiro atoms. The first kappa shape index (κ1) is 17.6. The molecular formula is C21H19ClN2O3. The summed E-state index contributed by atoms with van der Waals surface area (Å²) in [7, 11) is 0. The average Bonchev–Trinajstić information content (AvgIpc) is 2.65. The number of rotatable bonds is 3. The van der Waals surface area contributed by atoms with Crippen LogP contribution in [0.4, 0.5) is 5.69 Å². The lowest BCUT2D eigenvalue weighted by molar-refractivity contribution is 0.102. The van der Waals surface area contributed by atoms with Crippen LogP contribution in [-0.2, 0) is 13.0 Å². The maximum Gasteiger partial charge on any atom is 0.261 e. The Hall–Kier alpha value is -2.79. The molecule has 138 valence electrons. The predicted octanol–water partition coefficient (Wildman–Crippen LogP) is 4.25. The highest BCUT2D eigenvalue weighted by Gasteiger charge is 2.24. The SMILES string of the molecule is CCc1cccc(NC(=O)c2cn3c4c(ccc(Cl)c4c2=O)O[C@H](C)C3)c1. The van der Waals surface area contributed by atoms with Crippen molar-refractivity contribution in [2.75, 3.05) is 5.32 Å². The molecule has 4 rings (SSSR count). The molecule has 0 aliphatic carbocycles. The molecule has 0 unspecified atom stereocenters. The van der Waals surface area contributed by atoms with Gasteiger partial charge in [0.2, 0.25) is 5.43 Å². The van der Waals surface area contributed by atoms with Gasteiger partial charge in [-0.3, -0.25) is 9.59 Å². The van der Waals surface area contributed by atoms with Crippen LogP contribution in [0.15, 0.2) is 47.4 Å². The van der Waals surface area contributed by atoms with E-state index in [4.69, 9.17) is 16.3 Å². The standard InChI is InChI=1S/C21H19ClN2O3/c1-3-13-5-4-6-14(9-13)23-21(26)15-11-24-10-12(2)27-17-8-7-16(22)18(19(17)24)20(15)25/h4-9,11-12H,3,10H2,1-2H3,(H,23,26)/t12-/m1/s1. The Morgan fingerprint density at radius 1 is 1.33 bits per heavy atom. The number of hydrogen-bond acceptors (Lipinski definition) is 3. The Bertz CT molecular complexity index is 1120. The topological polar surface area (TPSA) is 60.3 Å². The molecule has 6 heteroatoms. The van der Waals surface area contributed by atoms with Crippen molar-refractivity contribution in [1.82, 2.24) is 4.57 Å². The van der Waals surface area contributed by atoms with Crippen LogP contribution in [0.3, 0.4) is 0 Å². The van der Waals surface area contributed by atoms with Gasteiger partial charge in [-0.1, -0.05) is 30.7 Å². The maximum atomic E-state index is 13.0. The molecule has 27 heavy (non-hydrogen) atoms. The second-order valence-electron chi connectivity index (χ2n) is 6.73. The van der Waals surface area contributed by atoms with Crippen molar-refractivity contribution in [2.24, 2.45) is 0 Å². The summed E-state index contributed by atoms with van der Waals surface area (Å²) in [6, 6.07) is 11.0. The molecule has 1 amide bonds. The molecule has 1 N–H and O–H groups in total. The third-order valence-corrected chi connectivity index (χ3v) is 5.07. The van der Waals surface area contributed by atoms with Gasteiger partial charge in [0.25, 0.3) is 5.91 Å². The second-order valence-corrected chi connectivity index (χ2v) is 7.14. The van der Waals surface area contributed by atoms with Gasteiger partial charge < -0.3 is 14.6 Å². The molecular weight excluding hydrogens is 364 g/mol. The number of pyridine rings is 1. The molecule has 1 aliphatic rings. The zero-order valence-corrected chi connectivity index (χ0v) is 15.8. The average molecular weight is 383 g/mol. The number of carbonyl (C=O) groups is 1.